The lowest BCUT2D eigenvalue weighted by atomic mass is 10.0. The molecule has 2 aromatic rings. The quantitative estimate of drug-likeness (QED) is 0.898. The lowest BCUT2D eigenvalue weighted by Gasteiger charge is -2.07. The van der Waals surface area contributed by atoms with Crippen LogP contribution in [0.4, 0.5) is 0 Å². The summed E-state index contributed by atoms with van der Waals surface area (Å²) >= 11 is 3.24. The maximum atomic E-state index is 10.9. The zero-order valence-electron chi connectivity index (χ0n) is 10.6. The summed E-state index contributed by atoms with van der Waals surface area (Å²) in [5, 5.41) is 8.96. The fourth-order valence-electron chi connectivity index (χ4n) is 2.18. The number of nitrogens with one attached hydrogen (secondary N) is 1. The number of carbonyl (C=O) groups is 1. The Labute approximate surface area is 122 Å². The highest BCUT2D eigenvalue weighted by atomic mass is 79.9. The molecule has 20 heavy (non-hydrogen) atoms. The van der Waals surface area contributed by atoms with Gasteiger partial charge in [0.1, 0.15) is 0 Å². The number of benzene rings is 1. The Kier molecular flexibility index (Phi) is 3.13. The SMILES string of the molecule is Cc1cc2c(cc1-c1nc(Br)[nH]c1CC(=O)O)OCO2. The molecule has 0 atom stereocenters. The first-order chi connectivity index (χ1) is 9.54. The van der Waals surface area contributed by atoms with Crippen molar-refractivity contribution in [3.8, 4) is 22.8 Å². The fourth-order valence-corrected chi connectivity index (χ4v) is 2.59. The summed E-state index contributed by atoms with van der Waals surface area (Å²) in [6.07, 6.45) is -0.123. The van der Waals surface area contributed by atoms with Crippen LogP contribution in [-0.4, -0.2) is 27.8 Å². The van der Waals surface area contributed by atoms with Gasteiger partial charge < -0.3 is 19.6 Å². The summed E-state index contributed by atoms with van der Waals surface area (Å²) < 4.78 is 11.2. The largest absolute Gasteiger partial charge is 0.481 e. The summed E-state index contributed by atoms with van der Waals surface area (Å²) in [7, 11) is 0. The molecule has 2 N–H and O–H groups in total. The normalized spacial score (nSPS) is 12.7. The van der Waals surface area contributed by atoms with Gasteiger partial charge in [0.2, 0.25) is 6.79 Å². The Hall–Kier alpha value is -2.02. The molecule has 0 unspecified atom stereocenters. The zero-order chi connectivity index (χ0) is 14.3. The van der Waals surface area contributed by atoms with E-state index in [9.17, 15) is 4.79 Å². The van der Waals surface area contributed by atoms with Gasteiger partial charge in [-0.2, -0.15) is 0 Å². The van der Waals surface area contributed by atoms with Crippen LogP contribution in [0.2, 0.25) is 0 Å². The number of imidazole rings is 1. The second-order valence-corrected chi connectivity index (χ2v) is 5.20. The minimum absolute atomic E-state index is 0.123. The van der Waals surface area contributed by atoms with Crippen molar-refractivity contribution in [3.05, 3.63) is 28.1 Å². The first-order valence-corrected chi connectivity index (χ1v) is 6.70. The minimum atomic E-state index is -0.916. The number of aromatic nitrogens is 2. The van der Waals surface area contributed by atoms with E-state index in [0.717, 1.165) is 11.1 Å². The third-order valence-electron chi connectivity index (χ3n) is 3.05. The van der Waals surface area contributed by atoms with E-state index < -0.39 is 5.97 Å². The van der Waals surface area contributed by atoms with Gasteiger partial charge in [-0.3, -0.25) is 4.79 Å². The van der Waals surface area contributed by atoms with Crippen LogP contribution in [0.1, 0.15) is 11.3 Å². The number of nitrogens with zero attached hydrogens (tertiary/aromatic N) is 1. The van der Waals surface area contributed by atoms with E-state index in [1.807, 2.05) is 19.1 Å². The summed E-state index contributed by atoms with van der Waals surface area (Å²) in [6, 6.07) is 3.69. The number of halogens is 1. The van der Waals surface area contributed by atoms with E-state index in [1.54, 1.807) is 0 Å². The first-order valence-electron chi connectivity index (χ1n) is 5.91. The van der Waals surface area contributed by atoms with Crippen molar-refractivity contribution in [1.29, 1.82) is 0 Å². The van der Waals surface area contributed by atoms with Gasteiger partial charge in [0.05, 0.1) is 17.8 Å². The number of hydrogen-bond acceptors (Lipinski definition) is 4. The summed E-state index contributed by atoms with van der Waals surface area (Å²) in [6.45, 7) is 2.12. The molecular weight excluding hydrogens is 328 g/mol. The maximum absolute atomic E-state index is 10.9. The van der Waals surface area contributed by atoms with Gasteiger partial charge in [0.25, 0.3) is 0 Å². The van der Waals surface area contributed by atoms with Crippen LogP contribution in [0.5, 0.6) is 11.5 Å². The van der Waals surface area contributed by atoms with Crippen molar-refractivity contribution < 1.29 is 19.4 Å². The molecule has 1 aliphatic heterocycles. The van der Waals surface area contributed by atoms with Crippen LogP contribution in [0.3, 0.4) is 0 Å². The van der Waals surface area contributed by atoms with Crippen molar-refractivity contribution in [2.75, 3.05) is 6.79 Å². The third-order valence-corrected chi connectivity index (χ3v) is 3.43. The van der Waals surface area contributed by atoms with Crippen LogP contribution in [0.25, 0.3) is 11.3 Å². The topological polar surface area (TPSA) is 84.4 Å². The number of carboxylic acid groups (broad SMARTS) is 1. The van der Waals surface area contributed by atoms with Crippen LogP contribution in [0.15, 0.2) is 16.9 Å². The van der Waals surface area contributed by atoms with Crippen LogP contribution in [0, 0.1) is 6.92 Å². The Morgan fingerprint density at radius 3 is 2.85 bits per heavy atom. The van der Waals surface area contributed by atoms with E-state index in [1.165, 1.54) is 0 Å². The molecule has 1 aliphatic rings. The smallest absolute Gasteiger partial charge is 0.309 e. The molecule has 0 saturated carbocycles. The molecule has 0 bridgehead atoms. The van der Waals surface area contributed by atoms with E-state index in [2.05, 4.69) is 25.9 Å². The molecule has 1 aromatic heterocycles. The predicted molar refractivity (Wildman–Crippen MR) is 73.9 cm³/mol. The van der Waals surface area contributed by atoms with Gasteiger partial charge in [0, 0.05) is 5.56 Å². The van der Waals surface area contributed by atoms with Crippen molar-refractivity contribution in [3.63, 3.8) is 0 Å². The Bertz CT molecular complexity index is 696. The van der Waals surface area contributed by atoms with Gasteiger partial charge in [-0.15, -0.1) is 0 Å². The lowest BCUT2D eigenvalue weighted by molar-refractivity contribution is -0.136. The van der Waals surface area contributed by atoms with Gasteiger partial charge in [0.15, 0.2) is 16.2 Å². The van der Waals surface area contributed by atoms with E-state index in [0.29, 0.717) is 27.6 Å². The molecule has 6 nitrogen and oxygen atoms in total. The maximum Gasteiger partial charge on any atom is 0.309 e. The highest BCUT2D eigenvalue weighted by molar-refractivity contribution is 9.10. The molecule has 0 radical (unpaired) electrons. The summed E-state index contributed by atoms with van der Waals surface area (Å²) in [5.74, 6) is 0.424. The summed E-state index contributed by atoms with van der Waals surface area (Å²) in [4.78, 5) is 18.2. The lowest BCUT2D eigenvalue weighted by Crippen LogP contribution is -2.02. The van der Waals surface area contributed by atoms with Crippen molar-refractivity contribution in [2.45, 2.75) is 13.3 Å². The number of hydrogen-bond donors (Lipinski definition) is 2. The molecule has 0 spiro atoms. The van der Waals surface area contributed by atoms with Crippen molar-refractivity contribution >= 4 is 21.9 Å². The number of fused-ring (bicyclic) bond motifs is 1. The average Bonchev–Trinajstić information content (AvgIpc) is 2.93. The molecule has 3 rings (SSSR count). The fraction of sp³-hybridized carbons (Fsp3) is 0.231. The highest BCUT2D eigenvalue weighted by Gasteiger charge is 2.20. The molecule has 0 aliphatic carbocycles. The number of H-pyrrole nitrogens is 1. The Balaban J connectivity index is 2.11. The number of aryl methyl sites for hydroxylation is 1. The van der Waals surface area contributed by atoms with E-state index >= 15 is 0 Å². The molecule has 2 heterocycles. The number of ether oxygens (including phenoxy) is 2. The first kappa shape index (κ1) is 13.0. The number of aliphatic carboxylic acids is 1. The summed E-state index contributed by atoms with van der Waals surface area (Å²) in [5.41, 5.74) is 2.92. The van der Waals surface area contributed by atoms with Crippen molar-refractivity contribution in [2.24, 2.45) is 0 Å². The highest BCUT2D eigenvalue weighted by Crippen LogP contribution is 2.39. The molecule has 0 saturated heterocycles. The van der Waals surface area contributed by atoms with E-state index in [4.69, 9.17) is 14.6 Å². The third kappa shape index (κ3) is 2.24. The van der Waals surface area contributed by atoms with Gasteiger partial charge in [-0.25, -0.2) is 4.98 Å². The average molecular weight is 339 g/mol. The molecule has 0 amide bonds. The predicted octanol–water partition coefficient (Wildman–Crippen LogP) is 2.50. The van der Waals surface area contributed by atoms with Gasteiger partial charge in [-0.1, -0.05) is 0 Å². The standard InChI is InChI=1S/C13H11BrN2O4/c1-6-2-9-10(20-5-19-9)3-7(6)12-8(4-11(17)18)15-13(14)16-12/h2-3H,4-5H2,1H3,(H,15,16)(H,17,18). The van der Waals surface area contributed by atoms with Crippen LogP contribution in [-0.2, 0) is 11.2 Å². The van der Waals surface area contributed by atoms with Crippen LogP contribution >= 0.6 is 15.9 Å². The molecule has 7 heteroatoms. The van der Waals surface area contributed by atoms with Gasteiger partial charge in [-0.05, 0) is 40.5 Å². The van der Waals surface area contributed by atoms with Gasteiger partial charge >= 0.3 is 5.97 Å². The molecule has 0 fully saturated rings. The second-order valence-electron chi connectivity index (χ2n) is 4.45. The Morgan fingerprint density at radius 2 is 2.15 bits per heavy atom. The second kappa shape index (κ2) is 4.82. The van der Waals surface area contributed by atoms with Crippen molar-refractivity contribution in [1.82, 2.24) is 9.97 Å². The molecule has 1 aromatic carbocycles. The molecular formula is C13H11BrN2O4. The number of aromatic amines is 1. The number of rotatable bonds is 3. The Morgan fingerprint density at radius 1 is 1.45 bits per heavy atom. The van der Waals surface area contributed by atoms with E-state index in [-0.39, 0.29) is 13.2 Å². The zero-order valence-corrected chi connectivity index (χ0v) is 12.2. The number of carboxylic acids is 1. The minimum Gasteiger partial charge on any atom is -0.481 e. The van der Waals surface area contributed by atoms with Crippen LogP contribution < -0.4 is 9.47 Å². The monoisotopic (exact) mass is 338 g/mol. The molecule has 104 valence electrons.